The van der Waals surface area contributed by atoms with E-state index in [0.29, 0.717) is 0 Å². The number of phosphoric ester groups is 1. The van der Waals surface area contributed by atoms with Crippen molar-refractivity contribution < 1.29 is 102 Å². The van der Waals surface area contributed by atoms with Crippen LogP contribution in [0.25, 0.3) is 0 Å². The maximum absolute atomic E-state index is 11.9. The van der Waals surface area contributed by atoms with Crippen LogP contribution >= 0.6 is 7.82 Å². The molecule has 152 valence electrons. The summed E-state index contributed by atoms with van der Waals surface area (Å²) in [7, 11) is -5.19. The summed E-state index contributed by atoms with van der Waals surface area (Å²) in [6.07, 6.45) is -1.92. The minimum Gasteiger partial charge on any atom is -0.790 e. The molecule has 0 saturated carbocycles. The van der Waals surface area contributed by atoms with E-state index in [1.165, 1.54) is 10.9 Å². The van der Waals surface area contributed by atoms with Crippen molar-refractivity contribution in [2.75, 3.05) is 18.9 Å². The Hall–Kier alpha value is 0.470. The molecular formula is C14H20N3Na2O9P. The number of aromatic nitrogens is 2. The second kappa shape index (κ2) is 10.4. The Labute approximate surface area is 211 Å². The first kappa shape index (κ1) is 27.5. The molecule has 0 aliphatic carbocycles. The van der Waals surface area contributed by atoms with Crippen LogP contribution in [-0.2, 0) is 28.0 Å². The third-order valence-electron chi connectivity index (χ3n) is 4.10. The number of carbonyl (C=O) groups is 1. The van der Waals surface area contributed by atoms with Crippen molar-refractivity contribution in [3.63, 3.8) is 0 Å². The number of rotatable bonds is 6. The number of phosphoric acid groups is 1. The fourth-order valence-electron chi connectivity index (χ4n) is 3.11. The average molecular weight is 451 g/mol. The molecule has 2 aliphatic rings. The summed E-state index contributed by atoms with van der Waals surface area (Å²) in [5, 5.41) is 0. The van der Waals surface area contributed by atoms with Crippen molar-refractivity contribution in [1.82, 2.24) is 9.55 Å². The van der Waals surface area contributed by atoms with E-state index >= 15 is 0 Å². The molecule has 1 aromatic rings. The third kappa shape index (κ3) is 6.26. The molecule has 29 heavy (non-hydrogen) atoms. The number of carbonyl (C=O) groups excluding carboxylic acids is 1. The number of hydrogen-bond acceptors (Lipinski definition) is 11. The molecule has 2 saturated heterocycles. The second-order valence-electron chi connectivity index (χ2n) is 6.48. The van der Waals surface area contributed by atoms with E-state index < -0.39 is 50.7 Å². The first-order valence-corrected chi connectivity index (χ1v) is 9.65. The summed E-state index contributed by atoms with van der Waals surface area (Å²) in [6, 6.07) is 0. The molecule has 1 aromatic heterocycles. The summed E-state index contributed by atoms with van der Waals surface area (Å²) in [4.78, 5) is 37.4. The van der Waals surface area contributed by atoms with Crippen molar-refractivity contribution in [1.29, 1.82) is 0 Å². The molecule has 2 unspecified atom stereocenters. The number of imidazole rings is 1. The van der Waals surface area contributed by atoms with Crippen LogP contribution in [0.1, 0.15) is 37.5 Å². The van der Waals surface area contributed by atoms with E-state index in [0.717, 1.165) is 0 Å². The summed E-state index contributed by atoms with van der Waals surface area (Å²) in [5.41, 5.74) is 5.92. The van der Waals surface area contributed by atoms with Gasteiger partial charge in [0.1, 0.15) is 24.1 Å². The summed E-state index contributed by atoms with van der Waals surface area (Å²) in [5.74, 6) is -1.68. The minimum atomic E-state index is -5.19. The minimum absolute atomic E-state index is 0. The third-order valence-corrected chi connectivity index (χ3v) is 4.56. The van der Waals surface area contributed by atoms with Crippen LogP contribution in [0.3, 0.4) is 0 Å². The zero-order chi connectivity index (χ0) is 20.0. The Morgan fingerprint density at radius 2 is 1.97 bits per heavy atom. The molecule has 0 radical (unpaired) electrons. The number of fused-ring (bicyclic) bond motifs is 1. The van der Waals surface area contributed by atoms with E-state index in [1.807, 2.05) is 0 Å². The largest absolute Gasteiger partial charge is 1.00 e. The number of nitrogens with zero attached hydrogens (tertiary/aromatic N) is 2. The van der Waals surface area contributed by atoms with Crippen LogP contribution in [0.2, 0.25) is 0 Å². The van der Waals surface area contributed by atoms with Crippen molar-refractivity contribution in [2.45, 2.75) is 51.1 Å². The predicted octanol–water partition coefficient (Wildman–Crippen LogP) is -7.09. The van der Waals surface area contributed by atoms with Crippen LogP contribution < -0.4 is 74.6 Å². The monoisotopic (exact) mass is 451 g/mol. The van der Waals surface area contributed by atoms with E-state index in [4.69, 9.17) is 24.7 Å². The molecule has 0 spiro atoms. The topological polar surface area (TPSA) is 170 Å². The molecule has 2 N–H and O–H groups in total. The molecule has 2 aliphatic heterocycles. The molecule has 12 nitrogen and oxygen atoms in total. The van der Waals surface area contributed by atoms with Crippen LogP contribution in [0.15, 0.2) is 6.33 Å². The summed E-state index contributed by atoms with van der Waals surface area (Å²) >= 11 is 0. The fraction of sp³-hybridized carbons (Fsp3) is 0.714. The predicted molar refractivity (Wildman–Crippen MR) is 83.9 cm³/mol. The van der Waals surface area contributed by atoms with Crippen LogP contribution in [0.4, 0.5) is 5.82 Å². The zero-order valence-corrected chi connectivity index (χ0v) is 21.8. The quantitative estimate of drug-likeness (QED) is 0.248. The van der Waals surface area contributed by atoms with E-state index in [2.05, 4.69) is 9.51 Å². The molecule has 2 fully saturated rings. The second-order valence-corrected chi connectivity index (χ2v) is 7.63. The van der Waals surface area contributed by atoms with E-state index in [-0.39, 0.29) is 77.2 Å². The zero-order valence-electron chi connectivity index (χ0n) is 16.9. The van der Waals surface area contributed by atoms with Crippen molar-refractivity contribution in [3.05, 3.63) is 12.0 Å². The Bertz CT molecular complexity index is 772. The molecule has 0 aromatic carbocycles. The van der Waals surface area contributed by atoms with Gasteiger partial charge in [0.15, 0.2) is 17.7 Å². The van der Waals surface area contributed by atoms with Gasteiger partial charge >= 0.3 is 65.1 Å². The van der Waals surface area contributed by atoms with Gasteiger partial charge in [-0.2, -0.15) is 0 Å². The van der Waals surface area contributed by atoms with E-state index in [9.17, 15) is 19.1 Å². The van der Waals surface area contributed by atoms with Crippen LogP contribution in [0.5, 0.6) is 0 Å². The Kier molecular flexibility index (Phi) is 9.85. The molecular weight excluding hydrogens is 431 g/mol. The number of nitrogen functional groups attached to an aromatic ring is 1. The van der Waals surface area contributed by atoms with Gasteiger partial charge in [0.05, 0.1) is 27.4 Å². The Morgan fingerprint density at radius 1 is 1.34 bits per heavy atom. The van der Waals surface area contributed by atoms with Crippen molar-refractivity contribution in [3.8, 4) is 0 Å². The first-order chi connectivity index (χ1) is 12.5. The van der Waals surface area contributed by atoms with Gasteiger partial charge in [-0.05, 0) is 20.8 Å². The molecule has 4 atom stereocenters. The molecule has 15 heteroatoms. The fourth-order valence-corrected chi connectivity index (χ4v) is 3.44. The molecule has 0 amide bonds. The van der Waals surface area contributed by atoms with Gasteiger partial charge in [0.25, 0.3) is 0 Å². The molecule has 3 rings (SSSR count). The van der Waals surface area contributed by atoms with Gasteiger partial charge in [0.2, 0.25) is 0 Å². The normalized spacial score (nSPS) is 27.6. The number of nitrogens with two attached hydrogens (primary N) is 1. The number of anilines is 1. The van der Waals surface area contributed by atoms with Gasteiger partial charge in [-0.1, -0.05) is 0 Å². The van der Waals surface area contributed by atoms with Gasteiger partial charge in [-0.25, -0.2) is 9.78 Å². The average Bonchev–Trinajstić information content (AvgIpc) is 3.16. The first-order valence-electron chi connectivity index (χ1n) is 8.19. The van der Waals surface area contributed by atoms with Gasteiger partial charge in [0, 0.05) is 0 Å². The van der Waals surface area contributed by atoms with E-state index in [1.54, 1.807) is 20.8 Å². The Morgan fingerprint density at radius 3 is 2.55 bits per heavy atom. The van der Waals surface area contributed by atoms with Crippen molar-refractivity contribution in [2.24, 2.45) is 0 Å². The van der Waals surface area contributed by atoms with Crippen molar-refractivity contribution >= 4 is 19.6 Å². The Balaban J connectivity index is 0.00000210. The maximum Gasteiger partial charge on any atom is 1.00 e. The van der Waals surface area contributed by atoms with Gasteiger partial charge in [-0.15, -0.1) is 0 Å². The molecule has 0 bridgehead atoms. The standard InChI is InChI=1S/C14H22N3O9P.2Na/c1-4-22-13(18)8-11(15)17(6-16-8)12-10-9(25-14(2,3)26-10)7(24-12)5-23-27(19,20)21;;/h6-7,9-10,12H,4-5,15H2,1-3H3,(H2,19,20,21);;/q;2*+1/p-2/t7-,9?,10?,12-;;/m1../s1. The summed E-state index contributed by atoms with van der Waals surface area (Å²) in [6.45, 7) is 4.61. The number of esters is 1. The van der Waals surface area contributed by atoms with Gasteiger partial charge < -0.3 is 43.6 Å². The smallest absolute Gasteiger partial charge is 0.790 e. The molecule has 3 heterocycles. The van der Waals surface area contributed by atoms with Crippen LogP contribution in [0, 0.1) is 0 Å². The van der Waals surface area contributed by atoms with Gasteiger partial charge in [-0.3, -0.25) is 4.57 Å². The number of ether oxygens (including phenoxy) is 4. The SMILES string of the molecule is CCOC(=O)c1ncn([C@@H]2O[C@H](COP(=O)([O-])[O-])C3OC(C)(C)OC32)c1N.[Na+].[Na+]. The maximum atomic E-state index is 11.9. The number of hydrogen-bond donors (Lipinski definition) is 1. The van der Waals surface area contributed by atoms with Crippen LogP contribution in [-0.4, -0.2) is 52.8 Å². The summed E-state index contributed by atoms with van der Waals surface area (Å²) < 4.78 is 38.7.